The van der Waals surface area contributed by atoms with E-state index < -0.39 is 0 Å². The van der Waals surface area contributed by atoms with Crippen LogP contribution in [0.2, 0.25) is 0 Å². The summed E-state index contributed by atoms with van der Waals surface area (Å²) in [4.78, 5) is 24.6. The molecule has 17 heavy (non-hydrogen) atoms. The quantitative estimate of drug-likeness (QED) is 0.750. The van der Waals surface area contributed by atoms with Gasteiger partial charge in [-0.1, -0.05) is 12.1 Å². The number of nitrogens with one attached hydrogen (secondary N) is 1. The van der Waals surface area contributed by atoms with Crippen LogP contribution >= 0.6 is 0 Å². The maximum atomic E-state index is 11.9. The molecule has 0 spiro atoms. The summed E-state index contributed by atoms with van der Waals surface area (Å²) < 4.78 is 0. The van der Waals surface area contributed by atoms with E-state index in [1.807, 2.05) is 24.3 Å². The topological polar surface area (TPSA) is 49.4 Å². The molecule has 1 N–H and O–H groups in total. The van der Waals surface area contributed by atoms with E-state index in [1.54, 1.807) is 11.9 Å². The number of hydrogen-bond acceptors (Lipinski definition) is 3. The van der Waals surface area contributed by atoms with Crippen molar-refractivity contribution in [1.29, 1.82) is 0 Å². The molecule has 0 unspecified atom stereocenters. The maximum absolute atomic E-state index is 11.9. The maximum Gasteiger partial charge on any atom is 0.232 e. The third kappa shape index (κ3) is 2.36. The van der Waals surface area contributed by atoms with Crippen LogP contribution in [0.5, 0.6) is 0 Å². The van der Waals surface area contributed by atoms with Crippen molar-refractivity contribution in [2.75, 3.05) is 17.3 Å². The van der Waals surface area contributed by atoms with E-state index in [0.717, 1.165) is 11.4 Å². The number of rotatable bonds is 1. The second-order valence-corrected chi connectivity index (χ2v) is 4.05. The van der Waals surface area contributed by atoms with Gasteiger partial charge in [-0.25, -0.2) is 0 Å². The molecule has 0 bridgehead atoms. The average Bonchev–Trinajstić information content (AvgIpc) is 2.37. The fourth-order valence-electron chi connectivity index (χ4n) is 1.84. The fourth-order valence-corrected chi connectivity index (χ4v) is 1.84. The van der Waals surface area contributed by atoms with E-state index in [1.165, 1.54) is 13.0 Å². The van der Waals surface area contributed by atoms with Crippen molar-refractivity contribution in [1.82, 2.24) is 0 Å². The number of fused-ring (bicyclic) bond motifs is 1. The molecule has 4 heteroatoms. The Kier molecular flexibility index (Phi) is 2.95. The van der Waals surface area contributed by atoms with E-state index in [-0.39, 0.29) is 18.1 Å². The third-order valence-electron chi connectivity index (χ3n) is 2.65. The first-order valence-corrected chi connectivity index (χ1v) is 5.41. The molecule has 0 aliphatic carbocycles. The summed E-state index contributed by atoms with van der Waals surface area (Å²) in [5.41, 5.74) is 2.30. The lowest BCUT2D eigenvalue weighted by Crippen LogP contribution is -2.24. The molecule has 0 atom stereocenters. The van der Waals surface area contributed by atoms with Gasteiger partial charge in [0.25, 0.3) is 0 Å². The minimum Gasteiger partial charge on any atom is -0.357 e. The smallest absolute Gasteiger partial charge is 0.232 e. The van der Waals surface area contributed by atoms with E-state index >= 15 is 0 Å². The summed E-state index contributed by atoms with van der Waals surface area (Å²) in [6.45, 7) is 1.47. The summed E-state index contributed by atoms with van der Waals surface area (Å²) in [6.07, 6.45) is 1.68. The van der Waals surface area contributed by atoms with Crippen molar-refractivity contribution >= 4 is 23.1 Å². The Morgan fingerprint density at radius 1 is 1.41 bits per heavy atom. The highest BCUT2D eigenvalue weighted by Gasteiger charge is 2.20. The number of allylic oxidation sites excluding steroid dienone is 1. The first-order chi connectivity index (χ1) is 8.08. The summed E-state index contributed by atoms with van der Waals surface area (Å²) in [5, 5.41) is 3.13. The molecule has 1 aromatic carbocycles. The minimum absolute atomic E-state index is 0.0325. The van der Waals surface area contributed by atoms with Crippen LogP contribution in [0.25, 0.3) is 0 Å². The Labute approximate surface area is 99.9 Å². The number of amides is 1. The van der Waals surface area contributed by atoms with Gasteiger partial charge in [0.2, 0.25) is 5.91 Å². The highest BCUT2D eigenvalue weighted by Crippen LogP contribution is 2.30. The number of benzene rings is 1. The Bertz CT molecular complexity index is 506. The molecule has 0 saturated heterocycles. The molecule has 2 rings (SSSR count). The van der Waals surface area contributed by atoms with Crippen molar-refractivity contribution in [2.24, 2.45) is 0 Å². The van der Waals surface area contributed by atoms with Gasteiger partial charge >= 0.3 is 0 Å². The van der Waals surface area contributed by atoms with Gasteiger partial charge in [-0.3, -0.25) is 9.59 Å². The summed E-state index contributed by atoms with van der Waals surface area (Å²) >= 11 is 0. The molecule has 1 aromatic rings. The van der Waals surface area contributed by atoms with Crippen LogP contribution in [-0.4, -0.2) is 18.7 Å². The van der Waals surface area contributed by atoms with Crippen molar-refractivity contribution in [3.05, 3.63) is 36.0 Å². The molecule has 0 fully saturated rings. The number of anilines is 2. The van der Waals surface area contributed by atoms with Gasteiger partial charge in [0.05, 0.1) is 17.8 Å². The minimum atomic E-state index is -0.0673. The number of nitrogens with zero attached hydrogens (tertiary/aromatic N) is 1. The fraction of sp³-hybridized carbons (Fsp3) is 0.231. The van der Waals surface area contributed by atoms with Crippen LogP contribution in [0, 0.1) is 0 Å². The molecule has 0 aromatic heterocycles. The van der Waals surface area contributed by atoms with Gasteiger partial charge in [0.1, 0.15) is 0 Å². The standard InChI is InChI=1S/C13H14N2O2/c1-9(16)7-10-8-13(17)15(2)12-6-4-3-5-11(12)14-10/h3-7,14H,8H2,1-2H3/b10-7+. The van der Waals surface area contributed by atoms with Crippen LogP contribution in [0.4, 0.5) is 11.4 Å². The number of carbonyl (C=O) groups is 2. The van der Waals surface area contributed by atoms with Gasteiger partial charge in [-0.05, 0) is 19.1 Å². The zero-order valence-electron chi connectivity index (χ0n) is 9.86. The number of hydrogen-bond donors (Lipinski definition) is 1. The highest BCUT2D eigenvalue weighted by atomic mass is 16.2. The van der Waals surface area contributed by atoms with Crippen molar-refractivity contribution < 1.29 is 9.59 Å². The number of carbonyl (C=O) groups excluding carboxylic acids is 2. The van der Waals surface area contributed by atoms with E-state index in [9.17, 15) is 9.59 Å². The zero-order valence-corrected chi connectivity index (χ0v) is 9.86. The highest BCUT2D eigenvalue weighted by molar-refractivity contribution is 6.01. The Balaban J connectivity index is 2.45. The van der Waals surface area contributed by atoms with Crippen molar-refractivity contribution in [2.45, 2.75) is 13.3 Å². The molecular weight excluding hydrogens is 216 g/mol. The Morgan fingerprint density at radius 2 is 2.12 bits per heavy atom. The van der Waals surface area contributed by atoms with Crippen LogP contribution in [0.15, 0.2) is 36.0 Å². The second-order valence-electron chi connectivity index (χ2n) is 4.05. The lowest BCUT2D eigenvalue weighted by atomic mass is 10.2. The molecule has 4 nitrogen and oxygen atoms in total. The lowest BCUT2D eigenvalue weighted by Gasteiger charge is -2.16. The summed E-state index contributed by atoms with van der Waals surface area (Å²) in [5.74, 6) is -0.0997. The van der Waals surface area contributed by atoms with E-state index in [4.69, 9.17) is 0 Å². The predicted octanol–water partition coefficient (Wildman–Crippen LogP) is 1.94. The van der Waals surface area contributed by atoms with E-state index in [0.29, 0.717) is 5.70 Å². The van der Waals surface area contributed by atoms with Crippen LogP contribution in [0.3, 0.4) is 0 Å². The SMILES string of the molecule is CC(=O)/C=C1\CC(=O)N(C)c2ccccc2N1. The summed E-state index contributed by atoms with van der Waals surface area (Å²) in [7, 11) is 1.74. The van der Waals surface area contributed by atoms with E-state index in [2.05, 4.69) is 5.32 Å². The Morgan fingerprint density at radius 3 is 2.82 bits per heavy atom. The van der Waals surface area contributed by atoms with Gasteiger partial charge in [0.15, 0.2) is 5.78 Å². The molecule has 0 saturated carbocycles. The van der Waals surface area contributed by atoms with Gasteiger partial charge in [0, 0.05) is 18.8 Å². The van der Waals surface area contributed by atoms with Gasteiger partial charge in [-0.2, -0.15) is 0 Å². The Hall–Kier alpha value is -2.10. The molecule has 1 aliphatic heterocycles. The van der Waals surface area contributed by atoms with Gasteiger partial charge in [-0.15, -0.1) is 0 Å². The van der Waals surface area contributed by atoms with Crippen LogP contribution in [-0.2, 0) is 9.59 Å². The summed E-state index contributed by atoms with van der Waals surface area (Å²) in [6, 6.07) is 7.53. The average molecular weight is 230 g/mol. The number of para-hydroxylation sites is 2. The largest absolute Gasteiger partial charge is 0.357 e. The van der Waals surface area contributed by atoms with Crippen LogP contribution < -0.4 is 10.2 Å². The first kappa shape index (κ1) is 11.4. The lowest BCUT2D eigenvalue weighted by molar-refractivity contribution is -0.117. The second kappa shape index (κ2) is 4.41. The molecule has 0 radical (unpaired) electrons. The van der Waals surface area contributed by atoms with Crippen molar-refractivity contribution in [3.63, 3.8) is 0 Å². The van der Waals surface area contributed by atoms with Gasteiger partial charge < -0.3 is 10.2 Å². The normalized spacial score (nSPS) is 17.4. The molecule has 1 aliphatic rings. The zero-order chi connectivity index (χ0) is 12.4. The third-order valence-corrected chi connectivity index (χ3v) is 2.65. The monoisotopic (exact) mass is 230 g/mol. The predicted molar refractivity (Wildman–Crippen MR) is 66.9 cm³/mol. The number of ketones is 1. The molecular formula is C13H14N2O2. The van der Waals surface area contributed by atoms with Crippen LogP contribution in [0.1, 0.15) is 13.3 Å². The molecule has 88 valence electrons. The molecule has 1 amide bonds. The first-order valence-electron chi connectivity index (χ1n) is 5.41. The molecule has 1 heterocycles. The van der Waals surface area contributed by atoms with Crippen molar-refractivity contribution in [3.8, 4) is 0 Å².